The van der Waals surface area contributed by atoms with Crippen molar-refractivity contribution in [2.24, 2.45) is 0 Å². The molecule has 0 spiro atoms. The van der Waals surface area contributed by atoms with Gasteiger partial charge in [-0.15, -0.1) is 0 Å². The molecule has 0 N–H and O–H groups in total. The quantitative estimate of drug-likeness (QED) is 0.808. The highest BCUT2D eigenvalue weighted by Crippen LogP contribution is 2.21. The Balaban J connectivity index is 2.76. The minimum absolute atomic E-state index is 0.00969. The van der Waals surface area contributed by atoms with E-state index in [1.165, 1.54) is 6.07 Å². The Bertz CT molecular complexity index is 373. The molecule has 0 atom stereocenters. The van der Waals surface area contributed by atoms with Crippen LogP contribution in [0.25, 0.3) is 0 Å². The van der Waals surface area contributed by atoms with Gasteiger partial charge in [0.1, 0.15) is 11.6 Å². The minimum Gasteiger partial charge on any atom is -0.435 e. The topological polar surface area (TPSA) is 18.5 Å². The van der Waals surface area contributed by atoms with Gasteiger partial charge in [0.05, 0.1) is 12.2 Å². The molecule has 0 aliphatic rings. The summed E-state index contributed by atoms with van der Waals surface area (Å²) in [6, 6.07) is 3.45. The van der Waals surface area contributed by atoms with Gasteiger partial charge in [-0.2, -0.15) is 8.78 Å². The van der Waals surface area contributed by atoms with E-state index in [9.17, 15) is 13.2 Å². The van der Waals surface area contributed by atoms with Gasteiger partial charge in [-0.25, -0.2) is 4.39 Å². The van der Waals surface area contributed by atoms with Crippen LogP contribution in [0.3, 0.4) is 0 Å². The Hall–Kier alpha value is -1.23. The summed E-state index contributed by atoms with van der Waals surface area (Å²) in [6.45, 7) is 2.56. The molecule has 0 amide bonds. The Labute approximate surface area is 98.3 Å². The lowest BCUT2D eigenvalue weighted by molar-refractivity contribution is -0.0504. The number of hydrogen-bond acceptors (Lipinski definition) is 2. The zero-order valence-electron chi connectivity index (χ0n) is 9.97. The Morgan fingerprint density at radius 1 is 1.24 bits per heavy atom. The molecule has 2 nitrogen and oxygen atoms in total. The molecular formula is C12H15F3O2. The maximum Gasteiger partial charge on any atom is 0.387 e. The highest BCUT2D eigenvalue weighted by atomic mass is 19.3. The normalized spacial score (nSPS) is 11.9. The molecule has 0 saturated carbocycles. The van der Waals surface area contributed by atoms with Crippen molar-refractivity contribution in [3.63, 3.8) is 0 Å². The largest absolute Gasteiger partial charge is 0.435 e. The first kappa shape index (κ1) is 13.8. The second-order valence-electron chi connectivity index (χ2n) is 4.53. The maximum absolute atomic E-state index is 13.4. The van der Waals surface area contributed by atoms with Crippen molar-refractivity contribution in [3.8, 4) is 5.75 Å². The molecule has 0 aliphatic heterocycles. The van der Waals surface area contributed by atoms with Crippen molar-refractivity contribution in [2.45, 2.75) is 39.6 Å². The van der Waals surface area contributed by atoms with Crippen molar-refractivity contribution < 1.29 is 22.6 Å². The van der Waals surface area contributed by atoms with Crippen LogP contribution in [-0.2, 0) is 11.3 Å². The molecule has 0 heterocycles. The molecular weight excluding hydrogens is 233 g/mol. The van der Waals surface area contributed by atoms with Crippen LogP contribution < -0.4 is 4.74 Å². The molecule has 0 fully saturated rings. The monoisotopic (exact) mass is 248 g/mol. The van der Waals surface area contributed by atoms with Crippen LogP contribution in [0.1, 0.15) is 26.3 Å². The summed E-state index contributed by atoms with van der Waals surface area (Å²) < 4.78 is 46.9. The molecule has 1 aromatic rings. The summed E-state index contributed by atoms with van der Waals surface area (Å²) in [5.41, 5.74) is -0.232. The van der Waals surface area contributed by atoms with Crippen molar-refractivity contribution in [3.05, 3.63) is 29.6 Å². The molecule has 17 heavy (non-hydrogen) atoms. The van der Waals surface area contributed by atoms with E-state index in [-0.39, 0.29) is 17.9 Å². The van der Waals surface area contributed by atoms with Crippen LogP contribution >= 0.6 is 0 Å². The maximum atomic E-state index is 13.4. The van der Waals surface area contributed by atoms with E-state index in [0.717, 1.165) is 12.1 Å². The summed E-state index contributed by atoms with van der Waals surface area (Å²) >= 11 is 0. The smallest absolute Gasteiger partial charge is 0.387 e. The third-order valence-electron chi connectivity index (χ3n) is 1.90. The third kappa shape index (κ3) is 5.08. The van der Waals surface area contributed by atoms with E-state index < -0.39 is 18.0 Å². The van der Waals surface area contributed by atoms with Gasteiger partial charge in [-0.1, -0.05) is 0 Å². The van der Waals surface area contributed by atoms with E-state index in [2.05, 4.69) is 4.74 Å². The number of halogens is 3. The average molecular weight is 248 g/mol. The van der Waals surface area contributed by atoms with E-state index in [1.807, 2.05) is 20.8 Å². The first-order valence-electron chi connectivity index (χ1n) is 5.15. The van der Waals surface area contributed by atoms with Gasteiger partial charge in [-0.05, 0) is 39.0 Å². The Kier molecular flexibility index (Phi) is 4.40. The number of hydrogen-bond donors (Lipinski definition) is 0. The summed E-state index contributed by atoms with van der Waals surface area (Å²) in [5, 5.41) is 0. The molecule has 5 heteroatoms. The number of rotatable bonds is 4. The third-order valence-corrected chi connectivity index (χ3v) is 1.90. The van der Waals surface area contributed by atoms with E-state index >= 15 is 0 Å². The van der Waals surface area contributed by atoms with Crippen LogP contribution in [-0.4, -0.2) is 12.2 Å². The van der Waals surface area contributed by atoms with E-state index in [1.54, 1.807) is 0 Å². The van der Waals surface area contributed by atoms with Crippen molar-refractivity contribution in [1.82, 2.24) is 0 Å². The molecule has 0 bridgehead atoms. The standard InChI is InChI=1S/C12H15F3O2/c1-12(2,3)16-7-8-6-9(17-11(14)15)4-5-10(8)13/h4-6,11H,7H2,1-3H3. The lowest BCUT2D eigenvalue weighted by atomic mass is 10.1. The zero-order chi connectivity index (χ0) is 13.1. The Morgan fingerprint density at radius 3 is 2.41 bits per heavy atom. The molecule has 0 radical (unpaired) electrons. The highest BCUT2D eigenvalue weighted by Gasteiger charge is 2.13. The predicted octanol–water partition coefficient (Wildman–Crippen LogP) is 3.74. The summed E-state index contributed by atoms with van der Waals surface area (Å²) in [6.07, 6.45) is 0. The zero-order valence-corrected chi connectivity index (χ0v) is 9.97. The molecule has 0 aliphatic carbocycles. The minimum atomic E-state index is -2.92. The van der Waals surface area contributed by atoms with Gasteiger partial charge in [0.15, 0.2) is 0 Å². The average Bonchev–Trinajstić information content (AvgIpc) is 2.17. The predicted molar refractivity (Wildman–Crippen MR) is 57.6 cm³/mol. The second kappa shape index (κ2) is 5.40. The summed E-state index contributed by atoms with van der Waals surface area (Å²) in [5.74, 6) is -0.579. The SMILES string of the molecule is CC(C)(C)OCc1cc(OC(F)F)ccc1F. The fourth-order valence-corrected chi connectivity index (χ4v) is 1.13. The summed E-state index contributed by atoms with van der Waals surface area (Å²) in [4.78, 5) is 0. The van der Waals surface area contributed by atoms with Crippen LogP contribution in [0.15, 0.2) is 18.2 Å². The van der Waals surface area contributed by atoms with Crippen LogP contribution in [0, 0.1) is 5.82 Å². The molecule has 0 aromatic heterocycles. The van der Waals surface area contributed by atoms with Crippen molar-refractivity contribution >= 4 is 0 Å². The van der Waals surface area contributed by atoms with Gasteiger partial charge in [0.25, 0.3) is 0 Å². The van der Waals surface area contributed by atoms with Crippen molar-refractivity contribution in [2.75, 3.05) is 0 Å². The van der Waals surface area contributed by atoms with Gasteiger partial charge < -0.3 is 9.47 Å². The molecule has 0 saturated heterocycles. The van der Waals surface area contributed by atoms with Crippen molar-refractivity contribution in [1.29, 1.82) is 0 Å². The molecule has 1 rings (SSSR count). The van der Waals surface area contributed by atoms with Crippen LogP contribution in [0.4, 0.5) is 13.2 Å². The second-order valence-corrected chi connectivity index (χ2v) is 4.53. The van der Waals surface area contributed by atoms with Gasteiger partial charge >= 0.3 is 6.61 Å². The highest BCUT2D eigenvalue weighted by molar-refractivity contribution is 5.29. The number of benzene rings is 1. The first-order valence-corrected chi connectivity index (χ1v) is 5.15. The van der Waals surface area contributed by atoms with Gasteiger partial charge in [0, 0.05) is 5.56 Å². The molecule has 96 valence electrons. The fourth-order valence-electron chi connectivity index (χ4n) is 1.13. The number of ether oxygens (including phenoxy) is 2. The Morgan fingerprint density at radius 2 is 1.88 bits per heavy atom. The van der Waals surface area contributed by atoms with Crippen LogP contribution in [0.5, 0.6) is 5.75 Å². The molecule has 1 aromatic carbocycles. The lowest BCUT2D eigenvalue weighted by Crippen LogP contribution is -2.19. The first-order chi connectivity index (χ1) is 7.78. The fraction of sp³-hybridized carbons (Fsp3) is 0.500. The summed E-state index contributed by atoms with van der Waals surface area (Å²) in [7, 11) is 0. The lowest BCUT2D eigenvalue weighted by Gasteiger charge is -2.20. The van der Waals surface area contributed by atoms with E-state index in [4.69, 9.17) is 4.74 Å². The van der Waals surface area contributed by atoms with Gasteiger partial charge in [0.2, 0.25) is 0 Å². The van der Waals surface area contributed by atoms with Gasteiger partial charge in [-0.3, -0.25) is 0 Å². The van der Waals surface area contributed by atoms with Crippen LogP contribution in [0.2, 0.25) is 0 Å². The molecule has 0 unspecified atom stereocenters. The number of alkyl halides is 2. The van der Waals surface area contributed by atoms with E-state index in [0.29, 0.717) is 0 Å².